The zero-order valence-electron chi connectivity index (χ0n) is 15.2. The molecule has 0 unspecified atom stereocenters. The lowest BCUT2D eigenvalue weighted by Gasteiger charge is -2.37. The molecule has 1 fully saturated rings. The summed E-state index contributed by atoms with van der Waals surface area (Å²) in [4.78, 5) is 14.0. The number of rotatable bonds is 5. The van der Waals surface area contributed by atoms with Crippen molar-refractivity contribution >= 4 is 11.8 Å². The van der Waals surface area contributed by atoms with Gasteiger partial charge in [-0.25, -0.2) is 4.98 Å². The third kappa shape index (κ3) is 5.19. The number of nitrogens with one attached hydrogen (secondary N) is 1. The average Bonchev–Trinajstić information content (AvgIpc) is 2.69. The number of aliphatic imine (C=N–C) groups is 1. The standard InChI is InChI=1S/C19H29N5O/c1-2-20-19(22-10-6-17-7-15-25-16-8-17)24-13-11-23(12-14-24)18-5-3-4-9-21-18/h3-5,7,9H,2,6,8,10-16H2,1H3,(H,20,22). The van der Waals surface area contributed by atoms with Gasteiger partial charge in [0.05, 0.1) is 13.2 Å². The molecule has 3 rings (SSSR count). The van der Waals surface area contributed by atoms with Crippen LogP contribution in [0.25, 0.3) is 0 Å². The minimum absolute atomic E-state index is 0.759. The van der Waals surface area contributed by atoms with Crippen molar-refractivity contribution in [3.63, 3.8) is 0 Å². The smallest absolute Gasteiger partial charge is 0.194 e. The fourth-order valence-electron chi connectivity index (χ4n) is 3.21. The Labute approximate surface area is 150 Å². The van der Waals surface area contributed by atoms with E-state index in [4.69, 9.17) is 9.73 Å². The number of anilines is 1. The SMILES string of the molecule is CCNC(=NCCC1=CCOCC1)N1CCN(c2ccccn2)CC1. The molecular formula is C19H29N5O. The number of guanidine groups is 1. The molecule has 0 radical (unpaired) electrons. The van der Waals surface area contributed by atoms with Gasteiger partial charge in [-0.05, 0) is 31.9 Å². The van der Waals surface area contributed by atoms with Gasteiger partial charge < -0.3 is 19.9 Å². The number of hydrogen-bond donors (Lipinski definition) is 1. The van der Waals surface area contributed by atoms with Crippen molar-refractivity contribution in [3.8, 4) is 0 Å². The van der Waals surface area contributed by atoms with Crippen LogP contribution in [0.4, 0.5) is 5.82 Å². The van der Waals surface area contributed by atoms with Gasteiger partial charge in [0.1, 0.15) is 5.82 Å². The van der Waals surface area contributed by atoms with Crippen LogP contribution in [0.15, 0.2) is 41.0 Å². The van der Waals surface area contributed by atoms with E-state index in [1.807, 2.05) is 18.3 Å². The van der Waals surface area contributed by atoms with Crippen LogP contribution in [-0.2, 0) is 4.74 Å². The van der Waals surface area contributed by atoms with Gasteiger partial charge in [-0.2, -0.15) is 0 Å². The number of aromatic nitrogens is 1. The Kier molecular flexibility index (Phi) is 6.68. The summed E-state index contributed by atoms with van der Waals surface area (Å²) in [7, 11) is 0. The van der Waals surface area contributed by atoms with Crippen LogP contribution in [-0.4, -0.2) is 68.3 Å². The molecule has 0 spiro atoms. The minimum atomic E-state index is 0.759. The molecule has 3 heterocycles. The van der Waals surface area contributed by atoms with E-state index in [-0.39, 0.29) is 0 Å². The second-order valence-electron chi connectivity index (χ2n) is 6.33. The fraction of sp³-hybridized carbons (Fsp3) is 0.579. The Bertz CT molecular complexity index is 579. The maximum absolute atomic E-state index is 5.36. The van der Waals surface area contributed by atoms with E-state index >= 15 is 0 Å². The van der Waals surface area contributed by atoms with Gasteiger partial charge in [-0.3, -0.25) is 4.99 Å². The zero-order chi connectivity index (χ0) is 17.3. The van der Waals surface area contributed by atoms with Gasteiger partial charge in [0, 0.05) is 45.5 Å². The Hall–Kier alpha value is -2.08. The summed E-state index contributed by atoms with van der Waals surface area (Å²) in [6.45, 7) is 9.37. The lowest BCUT2D eigenvalue weighted by Crippen LogP contribution is -2.52. The van der Waals surface area contributed by atoms with Gasteiger partial charge >= 0.3 is 0 Å². The zero-order valence-corrected chi connectivity index (χ0v) is 15.2. The molecule has 0 saturated carbocycles. The minimum Gasteiger partial charge on any atom is -0.377 e. The number of ether oxygens (including phenoxy) is 1. The number of hydrogen-bond acceptors (Lipinski definition) is 4. The van der Waals surface area contributed by atoms with Crippen LogP contribution in [0.5, 0.6) is 0 Å². The molecule has 25 heavy (non-hydrogen) atoms. The summed E-state index contributed by atoms with van der Waals surface area (Å²) < 4.78 is 5.36. The maximum Gasteiger partial charge on any atom is 0.194 e. The van der Waals surface area contributed by atoms with E-state index in [2.05, 4.69) is 39.2 Å². The Balaban J connectivity index is 1.52. The molecule has 2 aliphatic heterocycles. The molecule has 0 amide bonds. The predicted molar refractivity (Wildman–Crippen MR) is 102 cm³/mol. The van der Waals surface area contributed by atoms with E-state index in [1.165, 1.54) is 5.57 Å². The summed E-state index contributed by atoms with van der Waals surface area (Å²) in [6, 6.07) is 6.09. The molecule has 0 bridgehead atoms. The van der Waals surface area contributed by atoms with Crippen LogP contribution >= 0.6 is 0 Å². The highest BCUT2D eigenvalue weighted by Gasteiger charge is 2.20. The fourth-order valence-corrected chi connectivity index (χ4v) is 3.21. The highest BCUT2D eigenvalue weighted by molar-refractivity contribution is 5.80. The second kappa shape index (κ2) is 9.42. The molecule has 2 aliphatic rings. The van der Waals surface area contributed by atoms with E-state index in [0.29, 0.717) is 0 Å². The quantitative estimate of drug-likeness (QED) is 0.503. The molecule has 1 N–H and O–H groups in total. The van der Waals surface area contributed by atoms with Gasteiger partial charge in [-0.1, -0.05) is 17.7 Å². The van der Waals surface area contributed by atoms with Crippen molar-refractivity contribution < 1.29 is 4.74 Å². The van der Waals surface area contributed by atoms with Crippen molar-refractivity contribution in [2.75, 3.05) is 57.4 Å². The normalized spacial score (nSPS) is 18.9. The molecule has 1 saturated heterocycles. The molecule has 0 aliphatic carbocycles. The van der Waals surface area contributed by atoms with Gasteiger partial charge in [0.25, 0.3) is 0 Å². The maximum atomic E-state index is 5.36. The van der Waals surface area contributed by atoms with Crippen molar-refractivity contribution in [3.05, 3.63) is 36.0 Å². The first-order valence-electron chi connectivity index (χ1n) is 9.31. The monoisotopic (exact) mass is 343 g/mol. The Morgan fingerprint density at radius 2 is 2.16 bits per heavy atom. The molecule has 6 nitrogen and oxygen atoms in total. The summed E-state index contributed by atoms with van der Waals surface area (Å²) in [5.41, 5.74) is 1.48. The van der Waals surface area contributed by atoms with Crippen LogP contribution < -0.4 is 10.2 Å². The van der Waals surface area contributed by atoms with Crippen LogP contribution in [0.2, 0.25) is 0 Å². The molecular weight excluding hydrogens is 314 g/mol. The van der Waals surface area contributed by atoms with Crippen LogP contribution in [0, 0.1) is 0 Å². The molecule has 1 aromatic heterocycles. The van der Waals surface area contributed by atoms with Crippen molar-refractivity contribution in [1.29, 1.82) is 0 Å². The van der Waals surface area contributed by atoms with Crippen molar-refractivity contribution in [2.24, 2.45) is 4.99 Å². The largest absolute Gasteiger partial charge is 0.377 e. The van der Waals surface area contributed by atoms with E-state index in [0.717, 1.165) is 77.1 Å². The first-order chi connectivity index (χ1) is 12.4. The predicted octanol–water partition coefficient (Wildman–Crippen LogP) is 1.91. The van der Waals surface area contributed by atoms with E-state index in [1.54, 1.807) is 0 Å². The topological polar surface area (TPSA) is 53.0 Å². The van der Waals surface area contributed by atoms with Gasteiger partial charge in [0.2, 0.25) is 0 Å². The highest BCUT2D eigenvalue weighted by Crippen LogP contribution is 2.14. The second-order valence-corrected chi connectivity index (χ2v) is 6.33. The van der Waals surface area contributed by atoms with Crippen molar-refractivity contribution in [1.82, 2.24) is 15.2 Å². The summed E-state index contributed by atoms with van der Waals surface area (Å²) in [5, 5.41) is 3.44. The molecule has 1 aromatic rings. The van der Waals surface area contributed by atoms with Crippen molar-refractivity contribution in [2.45, 2.75) is 19.8 Å². The molecule has 0 aromatic carbocycles. The third-order valence-corrected chi connectivity index (χ3v) is 4.64. The Morgan fingerprint density at radius 3 is 2.84 bits per heavy atom. The third-order valence-electron chi connectivity index (χ3n) is 4.64. The number of pyridine rings is 1. The van der Waals surface area contributed by atoms with Gasteiger partial charge in [-0.15, -0.1) is 0 Å². The summed E-state index contributed by atoms with van der Waals surface area (Å²) in [5.74, 6) is 2.10. The lowest BCUT2D eigenvalue weighted by molar-refractivity contribution is 0.153. The number of piperazine rings is 1. The van der Waals surface area contributed by atoms with Crippen LogP contribution in [0.1, 0.15) is 19.8 Å². The van der Waals surface area contributed by atoms with Gasteiger partial charge in [0.15, 0.2) is 5.96 Å². The lowest BCUT2D eigenvalue weighted by atomic mass is 10.1. The molecule has 0 atom stereocenters. The summed E-state index contributed by atoms with van der Waals surface area (Å²) in [6.07, 6.45) is 6.15. The molecule has 6 heteroatoms. The first kappa shape index (κ1) is 17.7. The van der Waals surface area contributed by atoms with Crippen LogP contribution in [0.3, 0.4) is 0 Å². The highest BCUT2D eigenvalue weighted by atomic mass is 16.5. The van der Waals surface area contributed by atoms with E-state index in [9.17, 15) is 0 Å². The summed E-state index contributed by atoms with van der Waals surface area (Å²) >= 11 is 0. The average molecular weight is 343 g/mol. The number of nitrogens with zero attached hydrogens (tertiary/aromatic N) is 4. The van der Waals surface area contributed by atoms with E-state index < -0.39 is 0 Å². The Morgan fingerprint density at radius 1 is 1.28 bits per heavy atom. The molecule has 136 valence electrons. The first-order valence-corrected chi connectivity index (χ1v) is 9.31.